The van der Waals surface area contributed by atoms with Crippen molar-refractivity contribution in [2.24, 2.45) is 11.1 Å². The quantitative estimate of drug-likeness (QED) is 0.281. The van der Waals surface area contributed by atoms with Crippen molar-refractivity contribution < 1.29 is 23.8 Å². The highest BCUT2D eigenvalue weighted by atomic mass is 79.9. The van der Waals surface area contributed by atoms with Gasteiger partial charge in [0.2, 0.25) is 0 Å². The number of carbonyl (C=O) groups is 2. The van der Waals surface area contributed by atoms with E-state index in [1.54, 1.807) is 29.2 Å². The van der Waals surface area contributed by atoms with Crippen LogP contribution < -0.4 is 0 Å². The van der Waals surface area contributed by atoms with Crippen LogP contribution in [0.2, 0.25) is 0 Å². The molecule has 0 bridgehead atoms. The fraction of sp³-hybridized carbons (Fsp3) is 0.292. The van der Waals surface area contributed by atoms with Crippen molar-refractivity contribution in [1.82, 2.24) is 15.2 Å². The number of amides is 1. The van der Waals surface area contributed by atoms with Crippen LogP contribution in [0.15, 0.2) is 62.8 Å². The summed E-state index contributed by atoms with van der Waals surface area (Å²) in [4.78, 5) is 27.3. The van der Waals surface area contributed by atoms with Gasteiger partial charge in [-0.1, -0.05) is 34.6 Å². The van der Waals surface area contributed by atoms with Crippen molar-refractivity contribution in [3.8, 4) is 0 Å². The molecular formula is C24H22BrFN4O4. The molecule has 176 valence electrons. The molecule has 2 heterocycles. The minimum atomic E-state index is -0.405. The Morgan fingerprint density at radius 1 is 1.12 bits per heavy atom. The van der Waals surface area contributed by atoms with Crippen LogP contribution in [0.1, 0.15) is 40.2 Å². The zero-order valence-corrected chi connectivity index (χ0v) is 19.7. The van der Waals surface area contributed by atoms with Gasteiger partial charge in [0.05, 0.1) is 10.9 Å². The van der Waals surface area contributed by atoms with Gasteiger partial charge in [0, 0.05) is 31.0 Å². The van der Waals surface area contributed by atoms with Crippen molar-refractivity contribution in [1.29, 1.82) is 0 Å². The summed E-state index contributed by atoms with van der Waals surface area (Å²) in [6.45, 7) is 0.994. The summed E-state index contributed by atoms with van der Waals surface area (Å²) in [5.41, 5.74) is 1.94. The SMILES string of the molecule is O=C(Cc1nonc1C(Cc1ccc(F)c(Br)c1)=NO)C1CCN(C(=O)c2ccccc2)CC1. The Kier molecular flexibility index (Phi) is 7.46. The van der Waals surface area contributed by atoms with Gasteiger partial charge in [-0.25, -0.2) is 9.02 Å². The Morgan fingerprint density at radius 2 is 1.85 bits per heavy atom. The Balaban J connectivity index is 1.38. The third-order valence-corrected chi connectivity index (χ3v) is 6.51. The number of benzene rings is 2. The van der Waals surface area contributed by atoms with E-state index in [0.717, 1.165) is 0 Å². The minimum Gasteiger partial charge on any atom is -0.411 e. The number of hydrogen-bond acceptors (Lipinski definition) is 7. The van der Waals surface area contributed by atoms with E-state index in [0.29, 0.717) is 37.1 Å². The number of Topliss-reactive ketones (excluding diaryl/α,β-unsaturated/α-hetero) is 1. The molecule has 8 nitrogen and oxygen atoms in total. The van der Waals surface area contributed by atoms with Crippen LogP contribution in [-0.4, -0.2) is 50.9 Å². The summed E-state index contributed by atoms with van der Waals surface area (Å²) in [6, 6.07) is 13.5. The number of piperidine rings is 1. The van der Waals surface area contributed by atoms with Crippen LogP contribution in [0.5, 0.6) is 0 Å². The predicted molar refractivity (Wildman–Crippen MR) is 124 cm³/mol. The van der Waals surface area contributed by atoms with E-state index in [1.165, 1.54) is 6.07 Å². The van der Waals surface area contributed by atoms with Gasteiger partial charge in [-0.2, -0.15) is 0 Å². The first kappa shape index (κ1) is 23.7. The number of hydrogen-bond donors (Lipinski definition) is 1. The smallest absolute Gasteiger partial charge is 0.253 e. The largest absolute Gasteiger partial charge is 0.411 e. The second-order valence-corrected chi connectivity index (χ2v) is 8.96. The fourth-order valence-corrected chi connectivity index (χ4v) is 4.45. The lowest BCUT2D eigenvalue weighted by molar-refractivity contribution is -0.123. The van der Waals surface area contributed by atoms with E-state index in [9.17, 15) is 19.2 Å². The number of rotatable bonds is 7. The Labute approximate surface area is 203 Å². The van der Waals surface area contributed by atoms with Gasteiger partial charge >= 0.3 is 0 Å². The molecule has 0 spiro atoms. The van der Waals surface area contributed by atoms with Gasteiger partial charge in [-0.05, 0) is 63.8 Å². The summed E-state index contributed by atoms with van der Waals surface area (Å²) in [5.74, 6) is -0.694. The number of oxime groups is 1. The van der Waals surface area contributed by atoms with E-state index < -0.39 is 5.82 Å². The molecule has 34 heavy (non-hydrogen) atoms. The van der Waals surface area contributed by atoms with Crippen LogP contribution in [0.4, 0.5) is 4.39 Å². The molecule has 0 atom stereocenters. The van der Waals surface area contributed by atoms with Gasteiger partial charge in [-0.15, -0.1) is 0 Å². The lowest BCUT2D eigenvalue weighted by atomic mass is 9.89. The first-order valence-electron chi connectivity index (χ1n) is 10.8. The van der Waals surface area contributed by atoms with Crippen molar-refractivity contribution in [2.45, 2.75) is 25.7 Å². The van der Waals surface area contributed by atoms with E-state index in [2.05, 4.69) is 31.4 Å². The lowest BCUT2D eigenvalue weighted by Gasteiger charge is -2.31. The maximum atomic E-state index is 13.5. The average Bonchev–Trinajstić information content (AvgIpc) is 3.32. The third-order valence-electron chi connectivity index (χ3n) is 5.91. The summed E-state index contributed by atoms with van der Waals surface area (Å²) >= 11 is 3.13. The summed E-state index contributed by atoms with van der Waals surface area (Å²) in [7, 11) is 0. The molecule has 0 unspecified atom stereocenters. The predicted octanol–water partition coefficient (Wildman–Crippen LogP) is 4.06. The average molecular weight is 529 g/mol. The molecule has 10 heteroatoms. The first-order valence-corrected chi connectivity index (χ1v) is 11.6. The second-order valence-electron chi connectivity index (χ2n) is 8.11. The third kappa shape index (κ3) is 5.39. The topological polar surface area (TPSA) is 109 Å². The zero-order valence-electron chi connectivity index (χ0n) is 18.2. The monoisotopic (exact) mass is 528 g/mol. The van der Waals surface area contributed by atoms with Crippen LogP contribution in [0.25, 0.3) is 0 Å². The van der Waals surface area contributed by atoms with Gasteiger partial charge in [0.25, 0.3) is 5.91 Å². The zero-order chi connectivity index (χ0) is 24.1. The van der Waals surface area contributed by atoms with Gasteiger partial charge in [0.1, 0.15) is 23.0 Å². The molecule has 2 aromatic carbocycles. The maximum Gasteiger partial charge on any atom is 0.253 e. The standard InChI is InChI=1S/C24H22BrFN4O4/c25-18-12-15(6-7-19(18)26)13-20(27-33)23-21(28-34-29-23)14-22(31)16-8-10-30(11-9-16)24(32)17-4-2-1-3-5-17/h1-7,12,16,33H,8-11,13-14H2. The molecule has 1 aliphatic rings. The second kappa shape index (κ2) is 10.7. The van der Waals surface area contributed by atoms with Crippen LogP contribution in [0, 0.1) is 11.7 Å². The molecule has 4 rings (SSSR count). The highest BCUT2D eigenvalue weighted by Crippen LogP contribution is 2.23. The molecule has 0 aliphatic carbocycles. The highest BCUT2D eigenvalue weighted by Gasteiger charge is 2.29. The van der Waals surface area contributed by atoms with E-state index in [4.69, 9.17) is 4.63 Å². The Bertz CT molecular complexity index is 1210. The van der Waals surface area contributed by atoms with E-state index in [-0.39, 0.29) is 52.0 Å². The van der Waals surface area contributed by atoms with E-state index in [1.807, 2.05) is 18.2 Å². The Hall–Kier alpha value is -3.40. The Morgan fingerprint density at radius 3 is 2.53 bits per heavy atom. The van der Waals surface area contributed by atoms with Gasteiger partial charge in [0.15, 0.2) is 5.69 Å². The number of aromatic nitrogens is 2. The molecular weight excluding hydrogens is 507 g/mol. The van der Waals surface area contributed by atoms with Crippen LogP contribution >= 0.6 is 15.9 Å². The molecule has 1 fully saturated rings. The normalized spacial score (nSPS) is 14.9. The summed E-state index contributed by atoms with van der Waals surface area (Å²) in [5, 5.41) is 20.5. The van der Waals surface area contributed by atoms with Gasteiger partial charge < -0.3 is 10.1 Å². The van der Waals surface area contributed by atoms with Gasteiger partial charge in [-0.3, -0.25) is 9.59 Å². The first-order chi connectivity index (χ1) is 16.5. The molecule has 0 saturated carbocycles. The van der Waals surface area contributed by atoms with Crippen molar-refractivity contribution >= 4 is 33.3 Å². The van der Waals surface area contributed by atoms with Crippen molar-refractivity contribution in [3.05, 3.63) is 81.3 Å². The number of halogens is 2. The van der Waals surface area contributed by atoms with Crippen LogP contribution in [-0.2, 0) is 17.6 Å². The molecule has 3 aromatic rings. The molecule has 1 N–H and O–H groups in total. The fourth-order valence-electron chi connectivity index (χ4n) is 4.03. The molecule has 1 saturated heterocycles. The number of carbonyl (C=O) groups excluding carboxylic acids is 2. The molecule has 0 radical (unpaired) electrons. The number of nitrogens with zero attached hydrogens (tertiary/aromatic N) is 4. The maximum absolute atomic E-state index is 13.5. The van der Waals surface area contributed by atoms with E-state index >= 15 is 0 Å². The lowest BCUT2D eigenvalue weighted by Crippen LogP contribution is -2.40. The number of likely N-dealkylation sites (tertiary alicyclic amines) is 1. The van der Waals surface area contributed by atoms with Crippen molar-refractivity contribution in [2.75, 3.05) is 13.1 Å². The molecule has 1 aromatic heterocycles. The minimum absolute atomic E-state index is 0.0255. The van der Waals surface area contributed by atoms with Crippen LogP contribution in [0.3, 0.4) is 0 Å². The summed E-state index contributed by atoms with van der Waals surface area (Å²) in [6.07, 6.45) is 1.23. The molecule has 1 amide bonds. The number of ketones is 1. The highest BCUT2D eigenvalue weighted by molar-refractivity contribution is 9.10. The molecule has 1 aliphatic heterocycles. The van der Waals surface area contributed by atoms with Crippen molar-refractivity contribution in [3.63, 3.8) is 0 Å². The summed E-state index contributed by atoms with van der Waals surface area (Å²) < 4.78 is 18.6.